The number of aromatic hydroxyl groups is 1. The van der Waals surface area contributed by atoms with Crippen LogP contribution in [0.4, 0.5) is 0 Å². The molecule has 1 radical (unpaired) electrons. The van der Waals surface area contributed by atoms with Gasteiger partial charge < -0.3 is 14.9 Å². The van der Waals surface area contributed by atoms with Crippen LogP contribution in [0.15, 0.2) is 24.3 Å². The van der Waals surface area contributed by atoms with Crippen LogP contribution in [0.25, 0.3) is 0 Å². The molecular weight excluding hydrogens is 195 g/mol. The molecule has 0 heterocycles. The summed E-state index contributed by atoms with van der Waals surface area (Å²) in [5.41, 5.74) is 0. The first-order valence-corrected chi connectivity index (χ1v) is 3.78. The third kappa shape index (κ3) is 4.00. The number of phenolic OH excluding ortho intramolecular Hbond substituents is 1. The molecule has 0 saturated carbocycles. The van der Waals surface area contributed by atoms with E-state index in [9.17, 15) is 4.79 Å². The Kier molecular flexibility index (Phi) is 5.60. The number of phenols is 1. The van der Waals surface area contributed by atoms with Crippen LogP contribution in [0, 0.1) is 0 Å². The summed E-state index contributed by atoms with van der Waals surface area (Å²) in [7, 11) is 0. The Hall–Kier alpha value is -0.710. The summed E-state index contributed by atoms with van der Waals surface area (Å²) in [6.07, 6.45) is -0.885. The van der Waals surface area contributed by atoms with E-state index in [1.54, 1.807) is 0 Å². The van der Waals surface area contributed by atoms with Crippen molar-refractivity contribution in [2.75, 3.05) is 0 Å². The van der Waals surface area contributed by atoms with E-state index in [1.165, 1.54) is 31.2 Å². The predicted octanol–water partition coefficient (Wildman–Crippen LogP) is 0.863. The van der Waals surface area contributed by atoms with Gasteiger partial charge >= 0.3 is 5.97 Å². The van der Waals surface area contributed by atoms with Crippen molar-refractivity contribution in [3.63, 3.8) is 0 Å². The fourth-order valence-electron chi connectivity index (χ4n) is 0.779. The van der Waals surface area contributed by atoms with Crippen LogP contribution in [0.2, 0.25) is 0 Å². The molecule has 4 nitrogen and oxygen atoms in total. The first-order chi connectivity index (χ1) is 6.09. The minimum Gasteiger partial charge on any atom is -0.508 e. The van der Waals surface area contributed by atoms with Crippen molar-refractivity contribution in [1.29, 1.82) is 0 Å². The Bertz CT molecular complexity index is 296. The second-order valence-electron chi connectivity index (χ2n) is 2.59. The summed E-state index contributed by atoms with van der Waals surface area (Å²) in [5.74, 6) is -0.476. The van der Waals surface area contributed by atoms with E-state index in [-0.39, 0.29) is 35.3 Å². The molecule has 0 bridgehead atoms. The van der Waals surface area contributed by atoms with Gasteiger partial charge in [-0.15, -0.1) is 0 Å². The fourth-order valence-corrected chi connectivity index (χ4v) is 0.779. The number of ether oxygens (including phenoxy) is 1. The molecule has 0 aliphatic carbocycles. The van der Waals surface area contributed by atoms with Gasteiger partial charge in [0, 0.05) is 29.6 Å². The quantitative estimate of drug-likeness (QED) is 0.718. The maximum absolute atomic E-state index is 10.4. The maximum atomic E-state index is 10.4. The first kappa shape index (κ1) is 13.3. The van der Waals surface area contributed by atoms with Crippen molar-refractivity contribution in [1.82, 2.24) is 0 Å². The van der Waals surface area contributed by atoms with Gasteiger partial charge in [0.1, 0.15) is 11.5 Å². The van der Waals surface area contributed by atoms with Crippen molar-refractivity contribution in [3.8, 4) is 11.5 Å². The fraction of sp³-hybridized carbons (Fsp3) is 0.222. The van der Waals surface area contributed by atoms with Crippen LogP contribution in [-0.2, 0) is 4.79 Å². The monoisotopic (exact) mass is 205 g/mol. The summed E-state index contributed by atoms with van der Waals surface area (Å²) in [4.78, 5) is 10.4. The molecule has 0 spiro atoms. The van der Waals surface area contributed by atoms with Crippen molar-refractivity contribution < 1.29 is 19.7 Å². The average molecular weight is 205 g/mol. The zero-order valence-corrected chi connectivity index (χ0v) is 10.1. The van der Waals surface area contributed by atoms with Gasteiger partial charge in [-0.25, -0.2) is 4.79 Å². The molecule has 0 amide bonds. The topological polar surface area (TPSA) is 66.8 Å². The Labute approximate surface area is 104 Å². The van der Waals surface area contributed by atoms with Gasteiger partial charge in [-0.2, -0.15) is 0 Å². The van der Waals surface area contributed by atoms with Crippen molar-refractivity contribution >= 4 is 35.5 Å². The van der Waals surface area contributed by atoms with Gasteiger partial charge in [0.05, 0.1) is 0 Å². The standard InChI is InChI=1S/C9H10O4.Na/c1-6(9(11)12)13-8-4-2-7(10)3-5-8;/h2-6,10H,1H3,(H,11,12);/t6-;/m1./s1. The van der Waals surface area contributed by atoms with Crippen LogP contribution < -0.4 is 4.74 Å². The number of hydrogen-bond donors (Lipinski definition) is 2. The molecular formula is C9H10NaO4. The van der Waals surface area contributed by atoms with E-state index in [2.05, 4.69) is 0 Å². The van der Waals surface area contributed by atoms with E-state index in [0.29, 0.717) is 5.75 Å². The predicted molar refractivity (Wildman–Crippen MR) is 51.6 cm³/mol. The molecule has 1 rings (SSSR count). The van der Waals surface area contributed by atoms with E-state index < -0.39 is 12.1 Å². The number of aliphatic carboxylic acids is 1. The molecule has 1 aromatic rings. The molecule has 1 atom stereocenters. The molecule has 0 fully saturated rings. The first-order valence-electron chi connectivity index (χ1n) is 3.78. The smallest absolute Gasteiger partial charge is 0.344 e. The van der Waals surface area contributed by atoms with Gasteiger partial charge in [-0.1, -0.05) is 0 Å². The normalized spacial score (nSPS) is 11.2. The van der Waals surface area contributed by atoms with Crippen molar-refractivity contribution in [3.05, 3.63) is 24.3 Å². The summed E-state index contributed by atoms with van der Waals surface area (Å²) >= 11 is 0. The number of carbonyl (C=O) groups is 1. The van der Waals surface area contributed by atoms with Crippen molar-refractivity contribution in [2.45, 2.75) is 13.0 Å². The SMILES string of the molecule is C[C@@H](Oc1ccc(O)cc1)C(=O)O.[Na]. The number of rotatable bonds is 3. The van der Waals surface area contributed by atoms with Crippen LogP contribution in [0.1, 0.15) is 6.92 Å². The van der Waals surface area contributed by atoms with Crippen LogP contribution in [0.3, 0.4) is 0 Å². The Balaban J connectivity index is 0.00000169. The zero-order valence-electron chi connectivity index (χ0n) is 8.10. The van der Waals surface area contributed by atoms with Crippen LogP contribution >= 0.6 is 0 Å². The Morgan fingerprint density at radius 1 is 1.36 bits per heavy atom. The van der Waals surface area contributed by atoms with E-state index in [1.807, 2.05) is 0 Å². The summed E-state index contributed by atoms with van der Waals surface area (Å²) < 4.78 is 5.02. The third-order valence-corrected chi connectivity index (χ3v) is 1.50. The molecule has 0 unspecified atom stereocenters. The van der Waals surface area contributed by atoms with Gasteiger partial charge in [0.25, 0.3) is 0 Å². The van der Waals surface area contributed by atoms with Gasteiger partial charge in [0.15, 0.2) is 6.10 Å². The van der Waals surface area contributed by atoms with Gasteiger partial charge in [-0.05, 0) is 31.2 Å². The zero-order chi connectivity index (χ0) is 9.84. The van der Waals surface area contributed by atoms with Crippen LogP contribution in [-0.4, -0.2) is 51.8 Å². The van der Waals surface area contributed by atoms with Crippen molar-refractivity contribution in [2.24, 2.45) is 0 Å². The molecule has 1 aromatic carbocycles. The minimum absolute atomic E-state index is 0. The summed E-state index contributed by atoms with van der Waals surface area (Å²) in [6.45, 7) is 1.44. The largest absolute Gasteiger partial charge is 0.508 e. The molecule has 0 aliphatic heterocycles. The second kappa shape index (κ2) is 5.90. The van der Waals surface area contributed by atoms with Gasteiger partial charge in [0.2, 0.25) is 0 Å². The average Bonchev–Trinajstić information content (AvgIpc) is 2.08. The molecule has 2 N–H and O–H groups in total. The van der Waals surface area contributed by atoms with E-state index in [4.69, 9.17) is 14.9 Å². The Morgan fingerprint density at radius 3 is 2.29 bits per heavy atom. The number of hydrogen-bond acceptors (Lipinski definition) is 3. The molecule has 5 heteroatoms. The van der Waals surface area contributed by atoms with Crippen LogP contribution in [0.5, 0.6) is 11.5 Å². The number of carboxylic acid groups (broad SMARTS) is 1. The summed E-state index contributed by atoms with van der Waals surface area (Å²) in [5, 5.41) is 17.5. The third-order valence-electron chi connectivity index (χ3n) is 1.50. The van der Waals surface area contributed by atoms with Gasteiger partial charge in [-0.3, -0.25) is 0 Å². The van der Waals surface area contributed by atoms with E-state index >= 15 is 0 Å². The molecule has 0 aromatic heterocycles. The maximum Gasteiger partial charge on any atom is 0.344 e. The van der Waals surface area contributed by atoms with E-state index in [0.717, 1.165) is 0 Å². The molecule has 0 saturated heterocycles. The second-order valence-corrected chi connectivity index (χ2v) is 2.59. The number of carboxylic acids is 1. The summed E-state index contributed by atoms with van der Waals surface area (Å²) in [6, 6.07) is 5.89. The number of benzene rings is 1. The molecule has 14 heavy (non-hydrogen) atoms. The molecule has 71 valence electrons. The Morgan fingerprint density at radius 2 is 1.86 bits per heavy atom. The molecule has 0 aliphatic rings. The minimum atomic E-state index is -1.02.